The number of hydrogen-bond donors (Lipinski definition) is 0. The molecule has 0 atom stereocenters. The average molecular weight is 248 g/mol. The standard InChI is InChI=1S/C14H20N2O2/c1-2-18-14(17)16-10-13(15-11-16)9-8-12-6-4-3-5-7-12/h8-12H,2-7H2,1H3/b9-8-. The lowest BCUT2D eigenvalue weighted by molar-refractivity contribution is 0.154. The lowest BCUT2D eigenvalue weighted by Gasteiger charge is -2.17. The number of imidazole rings is 1. The third kappa shape index (κ3) is 3.45. The highest BCUT2D eigenvalue weighted by Crippen LogP contribution is 2.25. The number of rotatable bonds is 3. The molecule has 98 valence electrons. The molecule has 1 saturated carbocycles. The summed E-state index contributed by atoms with van der Waals surface area (Å²) in [5, 5.41) is 0. The minimum absolute atomic E-state index is 0.373. The fourth-order valence-electron chi connectivity index (χ4n) is 2.28. The zero-order chi connectivity index (χ0) is 12.8. The Labute approximate surface area is 108 Å². The van der Waals surface area contributed by atoms with E-state index in [0.29, 0.717) is 12.5 Å². The molecule has 2 rings (SSSR count). The van der Waals surface area contributed by atoms with E-state index >= 15 is 0 Å². The Kier molecular flexibility index (Phi) is 4.56. The highest BCUT2D eigenvalue weighted by Gasteiger charge is 2.10. The molecule has 0 bridgehead atoms. The summed E-state index contributed by atoms with van der Waals surface area (Å²) in [5.74, 6) is 0.673. The van der Waals surface area contributed by atoms with Gasteiger partial charge in [0, 0.05) is 6.20 Å². The minimum Gasteiger partial charge on any atom is -0.449 e. The van der Waals surface area contributed by atoms with Gasteiger partial charge in [-0.05, 0) is 31.8 Å². The summed E-state index contributed by atoms with van der Waals surface area (Å²) in [7, 11) is 0. The Hall–Kier alpha value is -1.58. The van der Waals surface area contributed by atoms with Crippen LogP contribution in [0.2, 0.25) is 0 Å². The van der Waals surface area contributed by atoms with Crippen molar-refractivity contribution >= 4 is 12.2 Å². The Morgan fingerprint density at radius 1 is 1.50 bits per heavy atom. The molecule has 0 radical (unpaired) electrons. The van der Waals surface area contributed by atoms with Gasteiger partial charge in [-0.3, -0.25) is 0 Å². The van der Waals surface area contributed by atoms with E-state index in [1.165, 1.54) is 43.0 Å². The van der Waals surface area contributed by atoms with Gasteiger partial charge in [-0.2, -0.15) is 0 Å². The second kappa shape index (κ2) is 6.38. The first kappa shape index (κ1) is 12.9. The molecule has 1 heterocycles. The summed E-state index contributed by atoms with van der Waals surface area (Å²) in [6.45, 7) is 2.17. The summed E-state index contributed by atoms with van der Waals surface area (Å²) >= 11 is 0. The van der Waals surface area contributed by atoms with E-state index in [-0.39, 0.29) is 6.09 Å². The van der Waals surface area contributed by atoms with Gasteiger partial charge in [0.05, 0.1) is 12.3 Å². The Balaban J connectivity index is 1.93. The van der Waals surface area contributed by atoms with Crippen molar-refractivity contribution < 1.29 is 9.53 Å². The van der Waals surface area contributed by atoms with E-state index in [4.69, 9.17) is 4.74 Å². The summed E-state index contributed by atoms with van der Waals surface area (Å²) in [6, 6.07) is 0. The van der Waals surface area contributed by atoms with E-state index in [1.807, 2.05) is 6.08 Å². The maximum atomic E-state index is 11.4. The predicted octanol–water partition coefficient (Wildman–Crippen LogP) is 3.48. The Morgan fingerprint density at radius 3 is 3.00 bits per heavy atom. The fraction of sp³-hybridized carbons (Fsp3) is 0.571. The van der Waals surface area contributed by atoms with Crippen LogP contribution < -0.4 is 0 Å². The monoisotopic (exact) mass is 248 g/mol. The molecule has 1 aromatic heterocycles. The second-order valence-electron chi connectivity index (χ2n) is 4.66. The quantitative estimate of drug-likeness (QED) is 0.822. The van der Waals surface area contributed by atoms with E-state index < -0.39 is 0 Å². The molecule has 0 amide bonds. The van der Waals surface area contributed by atoms with Crippen molar-refractivity contribution in [2.45, 2.75) is 39.0 Å². The maximum Gasteiger partial charge on any atom is 0.419 e. The van der Waals surface area contributed by atoms with Crippen LogP contribution in [0.25, 0.3) is 6.08 Å². The van der Waals surface area contributed by atoms with Gasteiger partial charge >= 0.3 is 6.09 Å². The molecule has 0 aromatic carbocycles. The lowest BCUT2D eigenvalue weighted by atomic mass is 9.89. The number of carbonyl (C=O) groups excluding carboxylic acids is 1. The van der Waals surface area contributed by atoms with Crippen LogP contribution in [0.5, 0.6) is 0 Å². The van der Waals surface area contributed by atoms with Crippen molar-refractivity contribution in [1.82, 2.24) is 9.55 Å². The second-order valence-corrected chi connectivity index (χ2v) is 4.66. The zero-order valence-electron chi connectivity index (χ0n) is 10.8. The maximum absolute atomic E-state index is 11.4. The molecule has 1 aliphatic rings. The van der Waals surface area contributed by atoms with Crippen molar-refractivity contribution in [1.29, 1.82) is 0 Å². The van der Waals surface area contributed by atoms with Gasteiger partial charge < -0.3 is 4.74 Å². The van der Waals surface area contributed by atoms with Crippen LogP contribution in [0.4, 0.5) is 4.79 Å². The average Bonchev–Trinajstić information content (AvgIpc) is 2.87. The van der Waals surface area contributed by atoms with E-state index in [1.54, 1.807) is 13.1 Å². The molecular formula is C14H20N2O2. The Bertz CT molecular complexity index is 417. The van der Waals surface area contributed by atoms with Crippen LogP contribution in [0.1, 0.15) is 44.7 Å². The van der Waals surface area contributed by atoms with Crippen LogP contribution in [0.15, 0.2) is 18.6 Å². The van der Waals surface area contributed by atoms with Gasteiger partial charge in [0.1, 0.15) is 6.33 Å². The van der Waals surface area contributed by atoms with Gasteiger partial charge in [-0.15, -0.1) is 0 Å². The molecule has 0 aliphatic heterocycles. The lowest BCUT2D eigenvalue weighted by Crippen LogP contribution is -2.11. The molecule has 1 aromatic rings. The highest BCUT2D eigenvalue weighted by atomic mass is 16.5. The molecule has 18 heavy (non-hydrogen) atoms. The van der Waals surface area contributed by atoms with Gasteiger partial charge in [-0.1, -0.05) is 25.3 Å². The van der Waals surface area contributed by atoms with Crippen LogP contribution in [-0.2, 0) is 4.74 Å². The molecule has 0 N–H and O–H groups in total. The van der Waals surface area contributed by atoms with Crippen molar-refractivity contribution in [2.24, 2.45) is 5.92 Å². The first-order valence-corrected chi connectivity index (χ1v) is 6.69. The summed E-state index contributed by atoms with van der Waals surface area (Å²) in [6.07, 6.45) is 13.6. The van der Waals surface area contributed by atoms with Crippen LogP contribution in [-0.4, -0.2) is 22.3 Å². The smallest absolute Gasteiger partial charge is 0.419 e. The predicted molar refractivity (Wildman–Crippen MR) is 70.3 cm³/mol. The molecule has 0 unspecified atom stereocenters. The van der Waals surface area contributed by atoms with Gasteiger partial charge in [0.15, 0.2) is 0 Å². The van der Waals surface area contributed by atoms with Crippen molar-refractivity contribution in [3.05, 3.63) is 24.3 Å². The molecular weight excluding hydrogens is 228 g/mol. The molecule has 1 fully saturated rings. The zero-order valence-corrected chi connectivity index (χ0v) is 10.8. The summed E-state index contributed by atoms with van der Waals surface area (Å²) in [4.78, 5) is 15.6. The number of aromatic nitrogens is 2. The largest absolute Gasteiger partial charge is 0.449 e. The van der Waals surface area contributed by atoms with Crippen LogP contribution in [0, 0.1) is 5.92 Å². The van der Waals surface area contributed by atoms with E-state index in [9.17, 15) is 4.79 Å². The summed E-state index contributed by atoms with van der Waals surface area (Å²) < 4.78 is 6.27. The van der Waals surface area contributed by atoms with Gasteiger partial charge in [0.2, 0.25) is 0 Å². The summed E-state index contributed by atoms with van der Waals surface area (Å²) in [5.41, 5.74) is 0.814. The highest BCUT2D eigenvalue weighted by molar-refractivity contribution is 5.70. The number of allylic oxidation sites excluding steroid dienone is 1. The van der Waals surface area contributed by atoms with Gasteiger partial charge in [0.25, 0.3) is 0 Å². The molecule has 4 nitrogen and oxygen atoms in total. The van der Waals surface area contributed by atoms with Crippen molar-refractivity contribution in [3.8, 4) is 0 Å². The van der Waals surface area contributed by atoms with Crippen LogP contribution in [0.3, 0.4) is 0 Å². The topological polar surface area (TPSA) is 44.1 Å². The SMILES string of the molecule is CCOC(=O)n1cnc(/C=C\C2CCCCC2)c1. The number of ether oxygens (including phenoxy) is 1. The number of carbonyl (C=O) groups is 1. The normalized spacial score (nSPS) is 17.2. The molecule has 4 heteroatoms. The fourth-order valence-corrected chi connectivity index (χ4v) is 2.28. The van der Waals surface area contributed by atoms with E-state index in [0.717, 1.165) is 5.69 Å². The number of nitrogens with zero attached hydrogens (tertiary/aromatic N) is 2. The van der Waals surface area contributed by atoms with Crippen molar-refractivity contribution in [3.63, 3.8) is 0 Å². The third-order valence-corrected chi connectivity index (χ3v) is 3.27. The third-order valence-electron chi connectivity index (χ3n) is 3.27. The van der Waals surface area contributed by atoms with Crippen LogP contribution >= 0.6 is 0 Å². The first-order valence-electron chi connectivity index (χ1n) is 6.69. The molecule has 1 aliphatic carbocycles. The Morgan fingerprint density at radius 2 is 2.28 bits per heavy atom. The van der Waals surface area contributed by atoms with Gasteiger partial charge in [-0.25, -0.2) is 14.3 Å². The molecule has 0 saturated heterocycles. The van der Waals surface area contributed by atoms with E-state index in [2.05, 4.69) is 11.1 Å². The minimum atomic E-state index is -0.373. The van der Waals surface area contributed by atoms with Crippen molar-refractivity contribution in [2.75, 3.05) is 6.61 Å². The number of hydrogen-bond acceptors (Lipinski definition) is 3. The first-order chi connectivity index (χ1) is 8.79. The molecule has 0 spiro atoms.